The van der Waals surface area contributed by atoms with Gasteiger partial charge in [0.05, 0.1) is 20.9 Å². The molecule has 5 heteroatoms. The van der Waals surface area contributed by atoms with Crippen molar-refractivity contribution in [1.29, 1.82) is 0 Å². The first-order valence-electron chi connectivity index (χ1n) is 8.38. The lowest BCUT2D eigenvalue weighted by Gasteiger charge is -2.36. The van der Waals surface area contributed by atoms with Crippen LogP contribution in [0.15, 0.2) is 42.5 Å². The summed E-state index contributed by atoms with van der Waals surface area (Å²) in [6, 6.07) is 14.7. The van der Waals surface area contributed by atoms with Crippen LogP contribution in [0.2, 0.25) is 5.02 Å². The van der Waals surface area contributed by atoms with E-state index in [1.165, 1.54) is 10.3 Å². The molecule has 0 amide bonds. The SMILES string of the molecule is CCc1ccc2nc(N3CCN(c4ccccc4Cl)CC3)sc2c1. The van der Waals surface area contributed by atoms with Gasteiger partial charge in [0, 0.05) is 26.2 Å². The number of hydrogen-bond acceptors (Lipinski definition) is 4. The molecule has 1 aliphatic heterocycles. The van der Waals surface area contributed by atoms with Gasteiger partial charge in [-0.2, -0.15) is 0 Å². The zero-order valence-corrected chi connectivity index (χ0v) is 15.3. The molecule has 0 saturated carbocycles. The maximum Gasteiger partial charge on any atom is 0.186 e. The van der Waals surface area contributed by atoms with Gasteiger partial charge in [0.25, 0.3) is 0 Å². The Morgan fingerprint density at radius 3 is 2.54 bits per heavy atom. The highest BCUT2D eigenvalue weighted by Crippen LogP contribution is 2.32. The Kier molecular flexibility index (Phi) is 4.33. The van der Waals surface area contributed by atoms with Gasteiger partial charge in [-0.1, -0.05) is 48.1 Å². The minimum atomic E-state index is 0.832. The van der Waals surface area contributed by atoms with Gasteiger partial charge in [-0.3, -0.25) is 0 Å². The smallest absolute Gasteiger partial charge is 0.186 e. The third-order valence-corrected chi connectivity index (χ3v) is 5.99. The van der Waals surface area contributed by atoms with Crippen molar-refractivity contribution in [1.82, 2.24) is 4.98 Å². The van der Waals surface area contributed by atoms with E-state index in [9.17, 15) is 0 Å². The average Bonchev–Trinajstić information content (AvgIpc) is 3.05. The molecule has 3 aromatic rings. The van der Waals surface area contributed by atoms with E-state index < -0.39 is 0 Å². The molecule has 2 aromatic carbocycles. The predicted octanol–water partition coefficient (Wildman–Crippen LogP) is 4.84. The molecule has 0 N–H and O–H groups in total. The minimum Gasteiger partial charge on any atom is -0.367 e. The number of para-hydroxylation sites is 1. The van der Waals surface area contributed by atoms with Gasteiger partial charge < -0.3 is 9.80 Å². The quantitative estimate of drug-likeness (QED) is 0.668. The Morgan fingerprint density at radius 2 is 1.79 bits per heavy atom. The van der Waals surface area contributed by atoms with Crippen molar-refractivity contribution in [2.45, 2.75) is 13.3 Å². The molecule has 1 aromatic heterocycles. The molecule has 0 atom stereocenters. The molecule has 0 spiro atoms. The van der Waals surface area contributed by atoms with Crippen LogP contribution in [0.25, 0.3) is 10.2 Å². The van der Waals surface area contributed by atoms with Crippen LogP contribution in [0.4, 0.5) is 10.8 Å². The topological polar surface area (TPSA) is 19.4 Å². The number of fused-ring (bicyclic) bond motifs is 1. The standard InChI is InChI=1S/C19H20ClN3S/c1-2-14-7-8-16-18(13-14)24-19(21-16)23-11-9-22(10-12-23)17-6-4-3-5-15(17)20/h3-8,13H,2,9-12H2,1H3. The molecule has 4 rings (SSSR count). The largest absolute Gasteiger partial charge is 0.367 e. The Morgan fingerprint density at radius 1 is 1.04 bits per heavy atom. The lowest BCUT2D eigenvalue weighted by Crippen LogP contribution is -2.46. The van der Waals surface area contributed by atoms with Gasteiger partial charge >= 0.3 is 0 Å². The molecule has 0 unspecified atom stereocenters. The van der Waals surface area contributed by atoms with E-state index in [1.807, 2.05) is 18.2 Å². The maximum absolute atomic E-state index is 6.33. The van der Waals surface area contributed by atoms with Gasteiger partial charge in [0.2, 0.25) is 0 Å². The van der Waals surface area contributed by atoms with E-state index in [4.69, 9.17) is 16.6 Å². The van der Waals surface area contributed by atoms with Crippen LogP contribution in [0.1, 0.15) is 12.5 Å². The van der Waals surface area contributed by atoms with Crippen molar-refractivity contribution in [3.63, 3.8) is 0 Å². The number of halogens is 1. The van der Waals surface area contributed by atoms with Crippen molar-refractivity contribution >= 4 is 44.0 Å². The second-order valence-electron chi connectivity index (χ2n) is 6.08. The van der Waals surface area contributed by atoms with E-state index in [0.29, 0.717) is 0 Å². The van der Waals surface area contributed by atoms with E-state index in [2.05, 4.69) is 41.0 Å². The van der Waals surface area contributed by atoms with Crippen LogP contribution in [0.3, 0.4) is 0 Å². The van der Waals surface area contributed by atoms with Gasteiger partial charge in [-0.05, 0) is 36.2 Å². The van der Waals surface area contributed by atoms with Crippen molar-refractivity contribution in [3.05, 3.63) is 53.1 Å². The number of benzene rings is 2. The Bertz CT molecular complexity index is 853. The predicted molar refractivity (Wildman–Crippen MR) is 105 cm³/mol. The Labute approximate surface area is 151 Å². The van der Waals surface area contributed by atoms with Crippen molar-refractivity contribution < 1.29 is 0 Å². The van der Waals surface area contributed by atoms with E-state index in [0.717, 1.165) is 54.0 Å². The monoisotopic (exact) mass is 357 g/mol. The molecule has 1 saturated heterocycles. The van der Waals surface area contributed by atoms with Crippen molar-refractivity contribution in [2.75, 3.05) is 36.0 Å². The molecule has 1 aliphatic rings. The number of hydrogen-bond donors (Lipinski definition) is 0. The Hall–Kier alpha value is -1.78. The van der Waals surface area contributed by atoms with Gasteiger partial charge in [0.1, 0.15) is 0 Å². The third-order valence-electron chi connectivity index (χ3n) is 4.59. The zero-order chi connectivity index (χ0) is 16.5. The highest BCUT2D eigenvalue weighted by molar-refractivity contribution is 7.22. The summed E-state index contributed by atoms with van der Waals surface area (Å²) in [4.78, 5) is 9.58. The summed E-state index contributed by atoms with van der Waals surface area (Å²) in [6.45, 7) is 6.09. The summed E-state index contributed by atoms with van der Waals surface area (Å²) in [5.41, 5.74) is 3.62. The van der Waals surface area contributed by atoms with Crippen LogP contribution >= 0.6 is 22.9 Å². The zero-order valence-electron chi connectivity index (χ0n) is 13.7. The highest BCUT2D eigenvalue weighted by Gasteiger charge is 2.21. The third kappa shape index (κ3) is 2.96. The number of aromatic nitrogens is 1. The van der Waals surface area contributed by atoms with Crippen molar-refractivity contribution in [3.8, 4) is 0 Å². The van der Waals surface area contributed by atoms with Crippen LogP contribution in [-0.4, -0.2) is 31.2 Å². The summed E-state index contributed by atoms with van der Waals surface area (Å²) in [5, 5.41) is 1.97. The first-order chi connectivity index (χ1) is 11.7. The first-order valence-corrected chi connectivity index (χ1v) is 9.58. The summed E-state index contributed by atoms with van der Waals surface area (Å²) in [5.74, 6) is 0. The first kappa shape index (κ1) is 15.7. The van der Waals surface area contributed by atoms with E-state index in [1.54, 1.807) is 11.3 Å². The second kappa shape index (κ2) is 6.61. The number of piperazine rings is 1. The number of anilines is 2. The number of thiazole rings is 1. The molecule has 124 valence electrons. The number of nitrogens with zero attached hydrogens (tertiary/aromatic N) is 3. The summed E-state index contributed by atoms with van der Waals surface area (Å²) in [6.07, 6.45) is 1.07. The fraction of sp³-hybridized carbons (Fsp3) is 0.316. The molecule has 0 aliphatic carbocycles. The molecule has 24 heavy (non-hydrogen) atoms. The summed E-state index contributed by atoms with van der Waals surface area (Å²) in [7, 11) is 0. The molecule has 2 heterocycles. The molecular formula is C19H20ClN3S. The fourth-order valence-electron chi connectivity index (χ4n) is 3.16. The molecule has 3 nitrogen and oxygen atoms in total. The van der Waals surface area contributed by atoms with Crippen LogP contribution in [-0.2, 0) is 6.42 Å². The minimum absolute atomic E-state index is 0.832. The second-order valence-corrected chi connectivity index (χ2v) is 7.49. The number of aryl methyl sites for hydroxylation is 1. The maximum atomic E-state index is 6.33. The number of rotatable bonds is 3. The fourth-order valence-corrected chi connectivity index (χ4v) is 4.50. The van der Waals surface area contributed by atoms with Gasteiger partial charge in [0.15, 0.2) is 5.13 Å². The normalized spacial score (nSPS) is 15.2. The Balaban J connectivity index is 1.50. The molecule has 1 fully saturated rings. The van der Waals surface area contributed by atoms with E-state index in [-0.39, 0.29) is 0 Å². The highest BCUT2D eigenvalue weighted by atomic mass is 35.5. The van der Waals surface area contributed by atoms with Crippen molar-refractivity contribution in [2.24, 2.45) is 0 Å². The summed E-state index contributed by atoms with van der Waals surface area (Å²) < 4.78 is 1.29. The van der Waals surface area contributed by atoms with Crippen LogP contribution < -0.4 is 9.80 Å². The lowest BCUT2D eigenvalue weighted by molar-refractivity contribution is 0.652. The van der Waals surface area contributed by atoms with Crippen LogP contribution in [0, 0.1) is 0 Å². The van der Waals surface area contributed by atoms with E-state index >= 15 is 0 Å². The summed E-state index contributed by atoms with van der Waals surface area (Å²) >= 11 is 8.13. The van der Waals surface area contributed by atoms with Crippen LogP contribution in [0.5, 0.6) is 0 Å². The molecule has 0 bridgehead atoms. The lowest BCUT2D eigenvalue weighted by atomic mass is 10.2. The molecule has 0 radical (unpaired) electrons. The van der Waals surface area contributed by atoms with Gasteiger partial charge in [-0.15, -0.1) is 0 Å². The molecular weight excluding hydrogens is 338 g/mol. The average molecular weight is 358 g/mol. The van der Waals surface area contributed by atoms with Gasteiger partial charge in [-0.25, -0.2) is 4.98 Å².